The molecule has 0 heterocycles. The first-order valence-electron chi connectivity index (χ1n) is 6.34. The third kappa shape index (κ3) is 3.73. The van der Waals surface area contributed by atoms with Gasteiger partial charge in [0.25, 0.3) is 0 Å². The number of aryl methyl sites for hydroxylation is 1. The van der Waals surface area contributed by atoms with Gasteiger partial charge in [0.2, 0.25) is 0 Å². The van der Waals surface area contributed by atoms with Gasteiger partial charge in [0.15, 0.2) is 0 Å². The number of hydrogen-bond acceptors (Lipinski definition) is 2. The van der Waals surface area contributed by atoms with Gasteiger partial charge in [-0.15, -0.1) is 0 Å². The van der Waals surface area contributed by atoms with Gasteiger partial charge in [-0.1, -0.05) is 0 Å². The minimum absolute atomic E-state index is 0.107. The van der Waals surface area contributed by atoms with Crippen molar-refractivity contribution in [1.29, 1.82) is 0 Å². The first kappa shape index (κ1) is 15.8. The van der Waals surface area contributed by atoms with E-state index < -0.39 is 9.84 Å². The fraction of sp³-hybridized carbons (Fsp3) is 0.0588. The Kier molecular flexibility index (Phi) is 4.84. The van der Waals surface area contributed by atoms with Crippen molar-refractivity contribution in [1.82, 2.24) is 0 Å². The summed E-state index contributed by atoms with van der Waals surface area (Å²) in [5, 5.41) is 0. The summed E-state index contributed by atoms with van der Waals surface area (Å²) in [5.41, 5.74) is 1.02. The molecule has 108 valence electrons. The summed E-state index contributed by atoms with van der Waals surface area (Å²) in [5.74, 6) is 0. The second kappa shape index (κ2) is 6.44. The summed E-state index contributed by atoms with van der Waals surface area (Å²) in [4.78, 5) is 0.373. The van der Waals surface area contributed by atoms with Crippen molar-refractivity contribution in [3.05, 3.63) is 82.7 Å². The molecule has 0 atom stereocenters. The van der Waals surface area contributed by atoms with Gasteiger partial charge in [0, 0.05) is 0 Å². The molecule has 0 radical (unpaired) electrons. The first-order chi connectivity index (χ1) is 9.91. The summed E-state index contributed by atoms with van der Waals surface area (Å²) < 4.78 is 26.7. The maximum absolute atomic E-state index is 12.5. The van der Waals surface area contributed by atoms with Crippen molar-refractivity contribution in [3.8, 4) is 0 Å². The molecule has 21 heavy (non-hydrogen) atoms. The van der Waals surface area contributed by atoms with Crippen LogP contribution in [-0.2, 0) is 9.84 Å². The van der Waals surface area contributed by atoms with Crippen LogP contribution in [0.4, 0.5) is 0 Å². The fourth-order valence-corrected chi connectivity index (χ4v) is 5.13. The van der Waals surface area contributed by atoms with Crippen LogP contribution in [0.1, 0.15) is 5.56 Å². The molecule has 0 bridgehead atoms. The van der Waals surface area contributed by atoms with Crippen molar-refractivity contribution in [2.75, 3.05) is 0 Å². The van der Waals surface area contributed by atoms with E-state index in [9.17, 15) is 8.42 Å². The maximum atomic E-state index is 12.5. The van der Waals surface area contributed by atoms with Gasteiger partial charge in [-0.25, -0.2) is 0 Å². The molecule has 2 nitrogen and oxygen atoms in total. The number of allylic oxidation sites excluding steroid dienone is 1. The number of rotatable bonds is 5. The Morgan fingerprint density at radius 2 is 1.52 bits per heavy atom. The van der Waals surface area contributed by atoms with Gasteiger partial charge in [0.1, 0.15) is 0 Å². The Morgan fingerprint density at radius 3 is 2.10 bits per heavy atom. The Bertz CT molecular complexity index is 760. The molecule has 0 aliphatic carbocycles. The number of hydrogen-bond donors (Lipinski definition) is 0. The van der Waals surface area contributed by atoms with E-state index in [1.54, 1.807) is 24.3 Å². The average Bonchev–Trinajstić information content (AvgIpc) is 2.48. The predicted octanol–water partition coefficient (Wildman–Crippen LogP) is 2.83. The van der Waals surface area contributed by atoms with E-state index in [0.717, 1.165) is 10.0 Å². The molecule has 0 spiro atoms. The van der Waals surface area contributed by atoms with Crippen molar-refractivity contribution in [2.24, 2.45) is 0 Å². The van der Waals surface area contributed by atoms with E-state index in [1.807, 2.05) is 37.3 Å². The summed E-state index contributed by atoms with van der Waals surface area (Å²) in [6.07, 6.45) is 0. The van der Waals surface area contributed by atoms with Gasteiger partial charge < -0.3 is 0 Å². The van der Waals surface area contributed by atoms with Crippen LogP contribution in [0.2, 0.25) is 0 Å². The second-order valence-electron chi connectivity index (χ2n) is 4.58. The molecule has 4 heteroatoms. The zero-order valence-corrected chi connectivity index (χ0v) is 14.3. The van der Waals surface area contributed by atoms with Crippen LogP contribution >= 0.6 is 0 Å². The molecule has 0 saturated heterocycles. The minimum atomic E-state index is -3.55. The van der Waals surface area contributed by atoms with Crippen LogP contribution in [0.3, 0.4) is 0 Å². The Morgan fingerprint density at radius 1 is 0.952 bits per heavy atom. The van der Waals surface area contributed by atoms with Gasteiger partial charge >= 0.3 is 132 Å². The molecule has 2 aromatic rings. The first-order valence-corrected chi connectivity index (χ1v) is 9.54. The van der Waals surface area contributed by atoms with E-state index in [1.165, 1.54) is 0 Å². The third-order valence-corrected chi connectivity index (χ3v) is 7.13. The van der Waals surface area contributed by atoms with E-state index in [-0.39, 0.29) is 24.8 Å². The summed E-state index contributed by atoms with van der Waals surface area (Å²) >= 11 is -0.143. The topological polar surface area (TPSA) is 34.1 Å². The molecule has 0 saturated carbocycles. The van der Waals surface area contributed by atoms with Crippen LogP contribution in [0.15, 0.2) is 82.0 Å². The van der Waals surface area contributed by atoms with Crippen molar-refractivity contribution < 1.29 is 8.42 Å². The molecule has 0 aliphatic heterocycles. The van der Waals surface area contributed by atoms with Crippen LogP contribution in [0.25, 0.3) is 0 Å². The third-order valence-electron chi connectivity index (χ3n) is 2.95. The van der Waals surface area contributed by atoms with Crippen LogP contribution in [0, 0.1) is 6.92 Å². The Hall–Kier alpha value is -1.61. The quantitative estimate of drug-likeness (QED) is 0.605. The second-order valence-corrected chi connectivity index (χ2v) is 9.00. The molecular weight excluding hydrogens is 347 g/mol. The predicted molar refractivity (Wildman–Crippen MR) is 88.5 cm³/mol. The van der Waals surface area contributed by atoms with E-state index >= 15 is 0 Å². The normalized spacial score (nSPS) is 11.1. The molecule has 0 aliphatic rings. The standard InChI is InChI=1S/C17H16O2SSe/c1-13-9-11-16(12-10-13)20(18,19)14(2)15(3)21-17-7-5-4-6-8-17/h4-12H,2-3H2,1H3. The SMILES string of the molecule is C=C([Se]c1ccccc1)C(=C)S(=O)(=O)c1ccc(C)cc1. The monoisotopic (exact) mass is 364 g/mol. The van der Waals surface area contributed by atoms with Crippen molar-refractivity contribution in [3.63, 3.8) is 0 Å². The zero-order valence-electron chi connectivity index (χ0n) is 11.7. The molecule has 0 unspecified atom stereocenters. The molecular formula is C17H16O2SSe. The summed E-state index contributed by atoms with van der Waals surface area (Å²) in [6.45, 7) is 9.58. The van der Waals surface area contributed by atoms with Gasteiger partial charge in [-0.3, -0.25) is 0 Å². The molecule has 2 aromatic carbocycles. The van der Waals surface area contributed by atoms with Gasteiger partial charge in [0.05, 0.1) is 0 Å². The Balaban J connectivity index is 2.22. The van der Waals surface area contributed by atoms with Gasteiger partial charge in [-0.05, 0) is 0 Å². The van der Waals surface area contributed by atoms with E-state index in [2.05, 4.69) is 13.2 Å². The molecule has 0 N–H and O–H groups in total. The molecule has 0 amide bonds. The van der Waals surface area contributed by atoms with E-state index in [0.29, 0.717) is 4.47 Å². The van der Waals surface area contributed by atoms with Crippen LogP contribution in [0.5, 0.6) is 0 Å². The summed E-state index contributed by atoms with van der Waals surface area (Å²) in [6, 6.07) is 16.5. The van der Waals surface area contributed by atoms with Crippen LogP contribution < -0.4 is 4.46 Å². The molecule has 0 aromatic heterocycles. The Labute approximate surface area is 132 Å². The average molecular weight is 363 g/mol. The zero-order chi connectivity index (χ0) is 15.5. The van der Waals surface area contributed by atoms with Gasteiger partial charge in [-0.2, -0.15) is 0 Å². The van der Waals surface area contributed by atoms with Crippen molar-refractivity contribution >= 4 is 29.3 Å². The number of benzene rings is 2. The van der Waals surface area contributed by atoms with E-state index in [4.69, 9.17) is 0 Å². The molecule has 2 rings (SSSR count). The fourth-order valence-electron chi connectivity index (χ4n) is 1.70. The van der Waals surface area contributed by atoms with Crippen LogP contribution in [-0.4, -0.2) is 23.4 Å². The number of sulfone groups is 1. The molecule has 0 fully saturated rings. The van der Waals surface area contributed by atoms with Crippen molar-refractivity contribution in [2.45, 2.75) is 11.8 Å². The summed E-state index contributed by atoms with van der Waals surface area (Å²) in [7, 11) is -3.55.